The van der Waals surface area contributed by atoms with Gasteiger partial charge in [0.15, 0.2) is 0 Å². The lowest BCUT2D eigenvalue weighted by atomic mass is 9.92. The van der Waals surface area contributed by atoms with E-state index < -0.39 is 0 Å². The number of hydrogen-bond donors (Lipinski definition) is 1. The summed E-state index contributed by atoms with van der Waals surface area (Å²) in [6, 6.07) is 5.66. The topological polar surface area (TPSA) is 43.8 Å². The molecule has 0 aliphatic rings. The Labute approximate surface area is 107 Å². The van der Waals surface area contributed by atoms with Crippen LogP contribution in [0.2, 0.25) is 5.02 Å². The van der Waals surface area contributed by atoms with Crippen LogP contribution in [0, 0.1) is 5.41 Å². The molecule has 2 N–H and O–H groups in total. The lowest BCUT2D eigenvalue weighted by molar-refractivity contribution is 0.354. The van der Waals surface area contributed by atoms with Gasteiger partial charge in [-0.3, -0.25) is 0 Å². The lowest BCUT2D eigenvalue weighted by Crippen LogP contribution is -2.12. The Kier molecular flexibility index (Phi) is 3.04. The second-order valence-electron chi connectivity index (χ2n) is 5.57. The van der Waals surface area contributed by atoms with Crippen molar-refractivity contribution in [1.29, 1.82) is 0 Å². The van der Waals surface area contributed by atoms with Gasteiger partial charge in [-0.15, -0.1) is 0 Å². The molecule has 17 heavy (non-hydrogen) atoms. The molecule has 0 bridgehead atoms. The smallest absolute Gasteiger partial charge is 0.201 e. The maximum atomic E-state index is 6.01. The van der Waals surface area contributed by atoms with E-state index in [4.69, 9.17) is 17.3 Å². The molecule has 0 aliphatic heterocycles. The number of benzene rings is 1. The van der Waals surface area contributed by atoms with Crippen LogP contribution >= 0.6 is 11.6 Å². The van der Waals surface area contributed by atoms with Gasteiger partial charge in [0, 0.05) is 11.6 Å². The highest BCUT2D eigenvalue weighted by atomic mass is 35.5. The van der Waals surface area contributed by atoms with Gasteiger partial charge in [-0.2, -0.15) is 0 Å². The maximum Gasteiger partial charge on any atom is 0.201 e. The van der Waals surface area contributed by atoms with Crippen molar-refractivity contribution in [3.8, 4) is 0 Å². The standard InChI is InChI=1S/C13H18ClN3/c1-13(2,3)6-7-17-11-8-9(14)4-5-10(11)16-12(17)15/h4-5,8H,6-7H2,1-3H3,(H2,15,16). The van der Waals surface area contributed by atoms with E-state index in [1.165, 1.54) is 0 Å². The highest BCUT2D eigenvalue weighted by Crippen LogP contribution is 2.25. The second-order valence-corrected chi connectivity index (χ2v) is 6.00. The van der Waals surface area contributed by atoms with Crippen molar-refractivity contribution in [2.45, 2.75) is 33.7 Å². The zero-order valence-corrected chi connectivity index (χ0v) is 11.3. The van der Waals surface area contributed by atoms with Crippen LogP contribution in [0.25, 0.3) is 11.0 Å². The normalized spacial score (nSPS) is 12.2. The molecule has 0 amide bonds. The highest BCUT2D eigenvalue weighted by molar-refractivity contribution is 6.31. The van der Waals surface area contributed by atoms with Gasteiger partial charge in [-0.1, -0.05) is 32.4 Å². The molecule has 0 saturated carbocycles. The Bertz CT molecular complexity index is 537. The first-order valence-electron chi connectivity index (χ1n) is 5.78. The maximum absolute atomic E-state index is 6.01. The number of aryl methyl sites for hydroxylation is 1. The minimum Gasteiger partial charge on any atom is -0.369 e. The summed E-state index contributed by atoms with van der Waals surface area (Å²) in [5.74, 6) is 0.562. The van der Waals surface area contributed by atoms with E-state index in [9.17, 15) is 0 Å². The van der Waals surface area contributed by atoms with Crippen molar-refractivity contribution in [2.24, 2.45) is 5.41 Å². The molecule has 0 atom stereocenters. The Morgan fingerprint density at radius 3 is 2.71 bits per heavy atom. The van der Waals surface area contributed by atoms with E-state index in [1.54, 1.807) is 0 Å². The monoisotopic (exact) mass is 251 g/mol. The first-order valence-corrected chi connectivity index (χ1v) is 6.16. The molecule has 1 aromatic heterocycles. The summed E-state index contributed by atoms with van der Waals surface area (Å²) >= 11 is 6.01. The third-order valence-electron chi connectivity index (χ3n) is 2.83. The summed E-state index contributed by atoms with van der Waals surface area (Å²) in [6.07, 6.45) is 1.05. The molecular weight excluding hydrogens is 234 g/mol. The van der Waals surface area contributed by atoms with Crippen LogP contribution in [0.15, 0.2) is 18.2 Å². The summed E-state index contributed by atoms with van der Waals surface area (Å²) in [6.45, 7) is 7.52. The third-order valence-corrected chi connectivity index (χ3v) is 3.06. The SMILES string of the molecule is CC(C)(C)CCn1c(N)nc2ccc(Cl)cc21. The third kappa shape index (κ3) is 2.72. The number of rotatable bonds is 2. The number of anilines is 1. The van der Waals surface area contributed by atoms with Crippen molar-refractivity contribution in [2.75, 3.05) is 5.73 Å². The van der Waals surface area contributed by atoms with Crippen LogP contribution < -0.4 is 5.73 Å². The zero-order chi connectivity index (χ0) is 12.6. The number of nitrogens with two attached hydrogens (primary N) is 1. The number of hydrogen-bond acceptors (Lipinski definition) is 2. The first-order chi connectivity index (χ1) is 7.87. The van der Waals surface area contributed by atoms with E-state index in [2.05, 4.69) is 25.8 Å². The molecule has 0 unspecified atom stereocenters. The van der Waals surface area contributed by atoms with Crippen molar-refractivity contribution in [1.82, 2.24) is 9.55 Å². The van der Waals surface area contributed by atoms with Gasteiger partial charge in [0.25, 0.3) is 0 Å². The second kappa shape index (κ2) is 4.22. The molecule has 2 aromatic rings. The molecule has 92 valence electrons. The van der Waals surface area contributed by atoms with Gasteiger partial charge in [0.1, 0.15) is 0 Å². The number of nitrogen functional groups attached to an aromatic ring is 1. The van der Waals surface area contributed by atoms with Crippen LogP contribution in [0.4, 0.5) is 5.95 Å². The highest BCUT2D eigenvalue weighted by Gasteiger charge is 2.13. The van der Waals surface area contributed by atoms with Crippen LogP contribution in [-0.2, 0) is 6.54 Å². The molecule has 0 radical (unpaired) electrons. The molecule has 2 rings (SSSR count). The minimum absolute atomic E-state index is 0.279. The fourth-order valence-corrected chi connectivity index (χ4v) is 1.96. The zero-order valence-electron chi connectivity index (χ0n) is 10.5. The fourth-order valence-electron chi connectivity index (χ4n) is 1.80. The van der Waals surface area contributed by atoms with Gasteiger partial charge >= 0.3 is 0 Å². The van der Waals surface area contributed by atoms with Crippen LogP contribution in [0.1, 0.15) is 27.2 Å². The van der Waals surface area contributed by atoms with Crippen molar-refractivity contribution < 1.29 is 0 Å². The van der Waals surface area contributed by atoms with Gasteiger partial charge in [-0.25, -0.2) is 4.98 Å². The predicted molar refractivity (Wildman–Crippen MR) is 73.2 cm³/mol. The molecule has 1 aromatic carbocycles. The molecule has 0 fully saturated rings. The average molecular weight is 252 g/mol. The number of fused-ring (bicyclic) bond motifs is 1. The number of halogens is 1. The Hall–Kier alpha value is -1.22. The number of nitrogens with zero attached hydrogens (tertiary/aromatic N) is 2. The number of imidazole rings is 1. The van der Waals surface area contributed by atoms with Crippen molar-refractivity contribution in [3.63, 3.8) is 0 Å². The van der Waals surface area contributed by atoms with Crippen LogP contribution in [0.5, 0.6) is 0 Å². The van der Waals surface area contributed by atoms with E-state index >= 15 is 0 Å². The summed E-state index contributed by atoms with van der Waals surface area (Å²) in [4.78, 5) is 4.34. The molecule has 0 aliphatic carbocycles. The van der Waals surface area contributed by atoms with E-state index in [0.29, 0.717) is 5.95 Å². The summed E-state index contributed by atoms with van der Waals surface area (Å²) in [5.41, 5.74) is 8.14. The fraction of sp³-hybridized carbons (Fsp3) is 0.462. The van der Waals surface area contributed by atoms with E-state index in [-0.39, 0.29) is 5.41 Å². The van der Waals surface area contributed by atoms with Gasteiger partial charge in [0.05, 0.1) is 11.0 Å². The quantitative estimate of drug-likeness (QED) is 0.884. The average Bonchev–Trinajstić information content (AvgIpc) is 2.49. The van der Waals surface area contributed by atoms with E-state index in [1.807, 2.05) is 22.8 Å². The molecule has 1 heterocycles. The van der Waals surface area contributed by atoms with Crippen LogP contribution in [-0.4, -0.2) is 9.55 Å². The van der Waals surface area contributed by atoms with Gasteiger partial charge in [0.2, 0.25) is 5.95 Å². The Morgan fingerprint density at radius 2 is 2.06 bits per heavy atom. The first kappa shape index (κ1) is 12.2. The van der Waals surface area contributed by atoms with Crippen molar-refractivity contribution >= 4 is 28.6 Å². The Morgan fingerprint density at radius 1 is 1.35 bits per heavy atom. The molecule has 0 saturated heterocycles. The summed E-state index contributed by atoms with van der Waals surface area (Å²) < 4.78 is 2.03. The van der Waals surface area contributed by atoms with Crippen LogP contribution in [0.3, 0.4) is 0 Å². The van der Waals surface area contributed by atoms with E-state index in [0.717, 1.165) is 29.0 Å². The number of aromatic nitrogens is 2. The minimum atomic E-state index is 0.279. The largest absolute Gasteiger partial charge is 0.369 e. The summed E-state index contributed by atoms with van der Waals surface area (Å²) in [5, 5.41) is 0.717. The molecule has 4 heteroatoms. The summed E-state index contributed by atoms with van der Waals surface area (Å²) in [7, 11) is 0. The molecule has 3 nitrogen and oxygen atoms in total. The predicted octanol–water partition coefficient (Wildman–Crippen LogP) is 3.71. The lowest BCUT2D eigenvalue weighted by Gasteiger charge is -2.18. The van der Waals surface area contributed by atoms with Crippen molar-refractivity contribution in [3.05, 3.63) is 23.2 Å². The Balaban J connectivity index is 2.38. The molecule has 0 spiro atoms. The van der Waals surface area contributed by atoms with Gasteiger partial charge < -0.3 is 10.3 Å². The molecular formula is C13H18ClN3. The van der Waals surface area contributed by atoms with Gasteiger partial charge in [-0.05, 0) is 30.0 Å².